The lowest BCUT2D eigenvalue weighted by Crippen LogP contribution is -2.30. The minimum absolute atomic E-state index is 0.400. The van der Waals surface area contributed by atoms with Gasteiger partial charge in [-0.05, 0) is 130 Å². The fraction of sp³-hybridized carbons (Fsp3) is 0.113. The largest absolute Gasteiger partial charge is 0.311 e. The van der Waals surface area contributed by atoms with Gasteiger partial charge in [0, 0.05) is 34.8 Å². The minimum atomic E-state index is 0.400. The number of pyridine rings is 1. The molecule has 0 aliphatic heterocycles. The third kappa shape index (κ3) is 7.12. The highest BCUT2D eigenvalue weighted by molar-refractivity contribution is 5.81. The van der Waals surface area contributed by atoms with Crippen LogP contribution in [0.3, 0.4) is 0 Å². The van der Waals surface area contributed by atoms with Gasteiger partial charge in [0.2, 0.25) is 5.69 Å². The predicted molar refractivity (Wildman–Crippen MR) is 234 cm³/mol. The molecule has 0 N–H and O–H groups in total. The van der Waals surface area contributed by atoms with E-state index in [9.17, 15) is 0 Å². The van der Waals surface area contributed by atoms with Crippen LogP contribution in [-0.2, 0) is 13.5 Å². The number of allylic oxidation sites excluding steroid dienone is 1. The molecule has 0 bridgehead atoms. The van der Waals surface area contributed by atoms with E-state index >= 15 is 0 Å². The van der Waals surface area contributed by atoms with Crippen molar-refractivity contribution in [2.75, 3.05) is 4.90 Å². The van der Waals surface area contributed by atoms with Crippen molar-refractivity contribution in [2.24, 2.45) is 7.05 Å². The van der Waals surface area contributed by atoms with Gasteiger partial charge in [-0.1, -0.05) is 128 Å². The van der Waals surface area contributed by atoms with E-state index in [1.165, 1.54) is 50.2 Å². The number of rotatable bonds is 12. The molecule has 2 heteroatoms. The van der Waals surface area contributed by atoms with E-state index in [1.54, 1.807) is 0 Å². The third-order valence-electron chi connectivity index (χ3n) is 11.3. The molecule has 0 saturated heterocycles. The first-order valence-electron chi connectivity index (χ1n) is 19.3. The first kappa shape index (κ1) is 35.5. The van der Waals surface area contributed by atoms with Crippen LogP contribution in [0.5, 0.6) is 0 Å². The molecule has 2 atom stereocenters. The molecule has 55 heavy (non-hydrogen) atoms. The predicted octanol–water partition coefficient (Wildman–Crippen LogP) is 13.7. The zero-order chi connectivity index (χ0) is 37.7. The molecule has 6 aromatic carbocycles. The number of aryl methyl sites for hydroxylation is 2. The van der Waals surface area contributed by atoms with Gasteiger partial charge in [-0.2, -0.15) is 0 Å². The number of benzene rings is 6. The molecule has 1 aliphatic carbocycles. The topological polar surface area (TPSA) is 7.12 Å². The molecule has 1 aromatic heterocycles. The van der Waals surface area contributed by atoms with Gasteiger partial charge >= 0.3 is 0 Å². The highest BCUT2D eigenvalue weighted by atomic mass is 15.1. The normalized spacial score (nSPS) is 14.3. The summed E-state index contributed by atoms with van der Waals surface area (Å²) in [6.07, 6.45) is 11.0. The molecule has 2 unspecified atom stereocenters. The summed E-state index contributed by atoms with van der Waals surface area (Å²) < 4.78 is 2.24. The maximum atomic E-state index is 4.18. The second kappa shape index (κ2) is 15.8. The molecule has 1 heterocycles. The number of hydrogen-bond acceptors (Lipinski definition) is 1. The Bertz CT molecular complexity index is 2420. The Morgan fingerprint density at radius 2 is 1.07 bits per heavy atom. The molecule has 2 nitrogen and oxygen atoms in total. The summed E-state index contributed by atoms with van der Waals surface area (Å²) in [5, 5.41) is 0. The van der Waals surface area contributed by atoms with E-state index in [0.717, 1.165) is 47.5 Å². The van der Waals surface area contributed by atoms with E-state index in [-0.39, 0.29) is 0 Å². The highest BCUT2D eigenvalue weighted by Crippen LogP contribution is 2.50. The van der Waals surface area contributed by atoms with E-state index in [4.69, 9.17) is 0 Å². The van der Waals surface area contributed by atoms with Crippen molar-refractivity contribution in [3.05, 3.63) is 218 Å². The lowest BCUT2D eigenvalue weighted by molar-refractivity contribution is -0.660. The van der Waals surface area contributed by atoms with Crippen LogP contribution in [-0.4, -0.2) is 0 Å². The maximum absolute atomic E-state index is 4.18. The van der Waals surface area contributed by atoms with Gasteiger partial charge in [0.15, 0.2) is 6.20 Å². The number of anilines is 3. The van der Waals surface area contributed by atoms with Gasteiger partial charge in [0.25, 0.3) is 0 Å². The average molecular weight is 712 g/mol. The molecule has 0 spiro atoms. The Morgan fingerprint density at radius 1 is 0.545 bits per heavy atom. The van der Waals surface area contributed by atoms with Gasteiger partial charge in [-0.25, -0.2) is 4.57 Å². The van der Waals surface area contributed by atoms with Crippen molar-refractivity contribution in [1.29, 1.82) is 0 Å². The summed E-state index contributed by atoms with van der Waals surface area (Å²) in [6, 6.07) is 57.6. The average Bonchev–Trinajstić information content (AvgIpc) is 3.24. The second-order valence-electron chi connectivity index (χ2n) is 14.5. The SMILES string of the molecule is C=CCC1c2ccccc2-c2ccccc2C1CCc1ccc(-c2ccc(N(c3ccc(C=C)cc3)c3ccc(C=C)cc3)cc2)cc1-c1cccc[n+]1C. The van der Waals surface area contributed by atoms with E-state index in [0.29, 0.717) is 11.8 Å². The van der Waals surface area contributed by atoms with Crippen molar-refractivity contribution in [1.82, 2.24) is 0 Å². The third-order valence-corrected chi connectivity index (χ3v) is 11.3. The Kier molecular flexibility index (Phi) is 10.2. The summed E-state index contributed by atoms with van der Waals surface area (Å²) >= 11 is 0. The molecule has 268 valence electrons. The van der Waals surface area contributed by atoms with E-state index < -0.39 is 0 Å². The lowest BCUT2D eigenvalue weighted by atomic mass is 9.68. The Labute approximate surface area is 326 Å². The molecule has 7 aromatic rings. The monoisotopic (exact) mass is 711 g/mol. The van der Waals surface area contributed by atoms with Crippen LogP contribution >= 0.6 is 0 Å². The molecule has 0 amide bonds. The van der Waals surface area contributed by atoms with Gasteiger partial charge in [-0.15, -0.1) is 6.58 Å². The van der Waals surface area contributed by atoms with Crippen molar-refractivity contribution in [2.45, 2.75) is 31.1 Å². The van der Waals surface area contributed by atoms with Crippen LogP contribution in [0.4, 0.5) is 17.1 Å². The second-order valence-corrected chi connectivity index (χ2v) is 14.5. The van der Waals surface area contributed by atoms with Crippen molar-refractivity contribution < 1.29 is 4.57 Å². The Morgan fingerprint density at radius 3 is 1.64 bits per heavy atom. The van der Waals surface area contributed by atoms with E-state index in [2.05, 4.69) is 206 Å². The summed E-state index contributed by atoms with van der Waals surface area (Å²) in [6.45, 7) is 12.1. The molecule has 8 rings (SSSR count). The summed E-state index contributed by atoms with van der Waals surface area (Å²) in [5.41, 5.74) is 17.4. The molecule has 0 saturated carbocycles. The fourth-order valence-corrected chi connectivity index (χ4v) is 8.49. The van der Waals surface area contributed by atoms with Crippen LogP contribution in [0, 0.1) is 0 Å². The van der Waals surface area contributed by atoms with Crippen molar-refractivity contribution >= 4 is 29.2 Å². The van der Waals surface area contributed by atoms with Gasteiger partial charge in [0.05, 0.1) is 0 Å². The van der Waals surface area contributed by atoms with Crippen LogP contribution in [0.1, 0.15) is 52.5 Å². The van der Waals surface area contributed by atoms with Crippen molar-refractivity contribution in [3.8, 4) is 33.5 Å². The molecule has 0 fully saturated rings. The summed E-state index contributed by atoms with van der Waals surface area (Å²) in [5.74, 6) is 0.801. The highest BCUT2D eigenvalue weighted by Gasteiger charge is 2.32. The first-order valence-corrected chi connectivity index (χ1v) is 19.3. The van der Waals surface area contributed by atoms with Crippen molar-refractivity contribution in [3.63, 3.8) is 0 Å². The minimum Gasteiger partial charge on any atom is -0.311 e. The van der Waals surface area contributed by atoms with Gasteiger partial charge < -0.3 is 4.90 Å². The number of nitrogens with zero attached hydrogens (tertiary/aromatic N) is 2. The zero-order valence-electron chi connectivity index (χ0n) is 31.6. The van der Waals surface area contributed by atoms with Gasteiger partial charge in [-0.3, -0.25) is 0 Å². The van der Waals surface area contributed by atoms with Crippen LogP contribution < -0.4 is 9.47 Å². The Balaban J connectivity index is 1.14. The zero-order valence-corrected chi connectivity index (χ0v) is 31.6. The van der Waals surface area contributed by atoms with Crippen LogP contribution in [0.25, 0.3) is 45.7 Å². The molecule has 0 radical (unpaired) electrons. The molecular formula is C53H47N2+. The lowest BCUT2D eigenvalue weighted by Gasteiger charge is -2.35. The number of hydrogen-bond donors (Lipinski definition) is 0. The number of aromatic nitrogens is 1. The quantitative estimate of drug-likeness (QED) is 0.0904. The summed E-state index contributed by atoms with van der Waals surface area (Å²) in [7, 11) is 2.15. The summed E-state index contributed by atoms with van der Waals surface area (Å²) in [4.78, 5) is 2.30. The maximum Gasteiger partial charge on any atom is 0.212 e. The standard InChI is InChI=1S/C53H47N2/c1-5-14-46-47-15-8-9-16-48(47)49-17-10-11-18-50(49)51(46)35-28-41-24-25-42(37-52(41)53-19-12-13-36-54(53)4)40-26-33-45(34-27-40)55(43-29-20-38(6-2)21-30-43)44-31-22-39(7-3)23-32-44/h5-13,15-27,29-34,36-37,46,51H,1-3,14,28,35H2,4H3/q+1. The van der Waals surface area contributed by atoms with Crippen LogP contribution in [0.2, 0.25) is 0 Å². The first-order chi connectivity index (χ1) is 27.1. The Hall–Kier alpha value is -6.51. The smallest absolute Gasteiger partial charge is 0.212 e. The van der Waals surface area contributed by atoms with Gasteiger partial charge in [0.1, 0.15) is 7.05 Å². The van der Waals surface area contributed by atoms with Crippen LogP contribution in [0.15, 0.2) is 190 Å². The molecular weight excluding hydrogens is 665 g/mol. The fourth-order valence-electron chi connectivity index (χ4n) is 8.49. The number of fused-ring (bicyclic) bond motifs is 3. The van der Waals surface area contributed by atoms with E-state index in [1.807, 2.05) is 12.2 Å². The molecule has 1 aliphatic rings.